The Morgan fingerprint density at radius 2 is 1.97 bits per heavy atom. The predicted octanol–water partition coefficient (Wildman–Crippen LogP) is 3.59. The summed E-state index contributed by atoms with van der Waals surface area (Å²) in [5.41, 5.74) is 2.08. The van der Waals surface area contributed by atoms with Gasteiger partial charge in [0.05, 0.1) is 36.5 Å². The number of nitrogens with zero attached hydrogens (tertiary/aromatic N) is 3. The van der Waals surface area contributed by atoms with Gasteiger partial charge in [-0.3, -0.25) is 4.90 Å². The molecule has 0 aliphatic carbocycles. The van der Waals surface area contributed by atoms with Crippen LogP contribution in [0.2, 0.25) is 0 Å². The van der Waals surface area contributed by atoms with Crippen LogP contribution in [-0.4, -0.2) is 55.2 Å². The van der Waals surface area contributed by atoms with Crippen LogP contribution < -0.4 is 10.6 Å². The van der Waals surface area contributed by atoms with Crippen molar-refractivity contribution in [1.82, 2.24) is 20.5 Å². The lowest BCUT2D eigenvalue weighted by atomic mass is 10.0. The quantitative estimate of drug-likeness (QED) is 0.301. The van der Waals surface area contributed by atoms with Crippen molar-refractivity contribution in [2.24, 2.45) is 4.99 Å². The summed E-state index contributed by atoms with van der Waals surface area (Å²) in [6.07, 6.45) is 0.950. The van der Waals surface area contributed by atoms with Gasteiger partial charge in [-0.1, -0.05) is 19.1 Å². The molecule has 2 heterocycles. The lowest BCUT2D eigenvalue weighted by Gasteiger charge is -2.35. The zero-order valence-corrected chi connectivity index (χ0v) is 20.7. The van der Waals surface area contributed by atoms with Crippen LogP contribution in [-0.2, 0) is 17.7 Å². The van der Waals surface area contributed by atoms with E-state index in [4.69, 9.17) is 9.73 Å². The molecule has 30 heavy (non-hydrogen) atoms. The van der Waals surface area contributed by atoms with Gasteiger partial charge in [0.1, 0.15) is 5.82 Å². The smallest absolute Gasteiger partial charge is 0.191 e. The predicted molar refractivity (Wildman–Crippen MR) is 131 cm³/mol. The minimum Gasteiger partial charge on any atom is -0.379 e. The number of morpholine rings is 1. The summed E-state index contributed by atoms with van der Waals surface area (Å²) in [6, 6.07) is 6.89. The van der Waals surface area contributed by atoms with Crippen LogP contribution in [0.5, 0.6) is 0 Å². The summed E-state index contributed by atoms with van der Waals surface area (Å²) in [7, 11) is 0. The van der Waals surface area contributed by atoms with E-state index >= 15 is 0 Å². The average Bonchev–Trinajstić information content (AvgIpc) is 3.22. The number of aromatic nitrogens is 1. The maximum Gasteiger partial charge on any atom is 0.191 e. The van der Waals surface area contributed by atoms with Crippen LogP contribution in [0.3, 0.4) is 0 Å². The Balaban J connectivity index is 0.00000320. The normalized spacial score (nSPS) is 16.0. The Hall–Kier alpha value is -1.30. The van der Waals surface area contributed by atoms with Crippen molar-refractivity contribution in [2.45, 2.75) is 32.9 Å². The monoisotopic (exact) mass is 547 g/mol. The van der Waals surface area contributed by atoms with Gasteiger partial charge < -0.3 is 15.4 Å². The fraction of sp³-hybridized carbons (Fsp3) is 0.524. The molecular formula is C21H31FIN5OS. The van der Waals surface area contributed by atoms with Crippen molar-refractivity contribution in [3.05, 3.63) is 51.7 Å². The molecule has 0 spiro atoms. The van der Waals surface area contributed by atoms with Gasteiger partial charge in [0.2, 0.25) is 0 Å². The summed E-state index contributed by atoms with van der Waals surface area (Å²) in [4.78, 5) is 11.7. The molecule has 2 N–H and O–H groups in total. The number of ether oxygens (including phenoxy) is 1. The van der Waals surface area contributed by atoms with Gasteiger partial charge in [-0.05, 0) is 31.0 Å². The number of hydrogen-bond acceptors (Lipinski definition) is 5. The highest BCUT2D eigenvalue weighted by Gasteiger charge is 2.23. The number of thiazole rings is 1. The summed E-state index contributed by atoms with van der Waals surface area (Å²) in [5.74, 6) is 0.547. The Labute approximate surface area is 199 Å². The zero-order valence-electron chi connectivity index (χ0n) is 17.6. The number of aryl methyl sites for hydroxylation is 1. The minimum absolute atomic E-state index is 0. The number of guanidine groups is 1. The SMILES string of the molecule is CCNC(=NCc1csc(CC)n1)NCC(c1ccc(F)cc1)N1CCOCC1.I. The molecule has 1 aliphatic heterocycles. The van der Waals surface area contributed by atoms with Gasteiger partial charge in [-0.2, -0.15) is 0 Å². The minimum atomic E-state index is -0.216. The van der Waals surface area contributed by atoms with Crippen molar-refractivity contribution < 1.29 is 9.13 Å². The van der Waals surface area contributed by atoms with E-state index in [9.17, 15) is 4.39 Å². The molecule has 0 saturated carbocycles. The molecule has 0 amide bonds. The Bertz CT molecular complexity index is 780. The van der Waals surface area contributed by atoms with Crippen molar-refractivity contribution in [3.63, 3.8) is 0 Å². The van der Waals surface area contributed by atoms with Gasteiger partial charge in [0.25, 0.3) is 0 Å². The van der Waals surface area contributed by atoms with E-state index in [2.05, 4.69) is 39.7 Å². The molecule has 1 saturated heterocycles. The third-order valence-electron chi connectivity index (χ3n) is 4.85. The summed E-state index contributed by atoms with van der Waals surface area (Å²) < 4.78 is 18.9. The second-order valence-corrected chi connectivity index (χ2v) is 7.82. The van der Waals surface area contributed by atoms with Gasteiger partial charge in [-0.15, -0.1) is 35.3 Å². The Morgan fingerprint density at radius 3 is 2.60 bits per heavy atom. The third kappa shape index (κ3) is 7.44. The van der Waals surface area contributed by atoms with Crippen LogP contribution in [0, 0.1) is 5.82 Å². The molecule has 166 valence electrons. The molecule has 2 aromatic rings. The van der Waals surface area contributed by atoms with Crippen molar-refractivity contribution in [2.75, 3.05) is 39.4 Å². The number of halogens is 2. The van der Waals surface area contributed by atoms with Crippen LogP contribution in [0.4, 0.5) is 4.39 Å². The number of hydrogen-bond donors (Lipinski definition) is 2. The fourth-order valence-electron chi connectivity index (χ4n) is 3.31. The average molecular weight is 547 g/mol. The first kappa shape index (κ1) is 25.0. The number of benzene rings is 1. The molecule has 1 aromatic carbocycles. The van der Waals surface area contributed by atoms with Crippen LogP contribution >= 0.6 is 35.3 Å². The highest BCUT2D eigenvalue weighted by atomic mass is 127. The molecule has 1 aromatic heterocycles. The topological polar surface area (TPSA) is 61.8 Å². The van der Waals surface area contributed by atoms with E-state index in [1.807, 2.05) is 12.1 Å². The lowest BCUT2D eigenvalue weighted by Crippen LogP contribution is -2.46. The van der Waals surface area contributed by atoms with Crippen molar-refractivity contribution >= 4 is 41.3 Å². The van der Waals surface area contributed by atoms with Crippen molar-refractivity contribution in [3.8, 4) is 0 Å². The highest BCUT2D eigenvalue weighted by Crippen LogP contribution is 2.21. The molecule has 1 unspecified atom stereocenters. The first-order chi connectivity index (χ1) is 14.2. The Morgan fingerprint density at radius 1 is 1.23 bits per heavy atom. The van der Waals surface area contributed by atoms with Crippen LogP contribution in [0.25, 0.3) is 0 Å². The molecule has 1 aliphatic rings. The maximum atomic E-state index is 13.4. The molecule has 1 fully saturated rings. The maximum absolute atomic E-state index is 13.4. The van der Waals surface area contributed by atoms with Gasteiger partial charge in [-0.25, -0.2) is 14.4 Å². The van der Waals surface area contributed by atoms with Gasteiger partial charge in [0.15, 0.2) is 5.96 Å². The molecule has 3 rings (SSSR count). The first-order valence-electron chi connectivity index (χ1n) is 10.2. The lowest BCUT2D eigenvalue weighted by molar-refractivity contribution is 0.0170. The van der Waals surface area contributed by atoms with Crippen LogP contribution in [0.1, 0.15) is 36.2 Å². The number of rotatable bonds is 8. The van der Waals surface area contributed by atoms with Crippen molar-refractivity contribution in [1.29, 1.82) is 0 Å². The third-order valence-corrected chi connectivity index (χ3v) is 5.89. The van der Waals surface area contributed by atoms with Gasteiger partial charge >= 0.3 is 0 Å². The first-order valence-corrected chi connectivity index (χ1v) is 11.1. The number of nitrogens with one attached hydrogen (secondary N) is 2. The molecular weight excluding hydrogens is 516 g/mol. The Kier molecular flexibility index (Phi) is 11.0. The van der Waals surface area contributed by atoms with E-state index < -0.39 is 0 Å². The van der Waals surface area contributed by atoms with E-state index in [1.165, 1.54) is 12.1 Å². The van der Waals surface area contributed by atoms with Crippen LogP contribution in [0.15, 0.2) is 34.6 Å². The molecule has 9 heteroatoms. The van der Waals surface area contributed by atoms with E-state index in [-0.39, 0.29) is 35.8 Å². The highest BCUT2D eigenvalue weighted by molar-refractivity contribution is 14.0. The molecule has 0 bridgehead atoms. The molecule has 0 radical (unpaired) electrons. The van der Waals surface area contributed by atoms with Gasteiger partial charge in [0, 0.05) is 31.6 Å². The van der Waals surface area contributed by atoms with E-state index in [1.54, 1.807) is 11.3 Å². The van der Waals surface area contributed by atoms with E-state index in [0.717, 1.165) is 61.5 Å². The standard InChI is InChI=1S/C21H30FN5OS.HI/c1-3-20-26-18(15-29-20)13-24-21(23-4-2)25-14-19(27-9-11-28-12-10-27)16-5-7-17(22)8-6-16;/h5-8,15,19H,3-4,9-14H2,1-2H3,(H2,23,24,25);1H. The number of aliphatic imine (C=N–C) groups is 1. The summed E-state index contributed by atoms with van der Waals surface area (Å²) in [6.45, 7) is 9.31. The molecule has 1 atom stereocenters. The second kappa shape index (κ2) is 13.2. The largest absolute Gasteiger partial charge is 0.379 e. The second-order valence-electron chi connectivity index (χ2n) is 6.88. The fourth-order valence-corrected chi connectivity index (χ4v) is 4.05. The molecule has 6 nitrogen and oxygen atoms in total. The van der Waals surface area contributed by atoms with E-state index in [0.29, 0.717) is 13.1 Å². The summed E-state index contributed by atoms with van der Waals surface area (Å²) >= 11 is 1.68. The zero-order chi connectivity index (χ0) is 20.5. The summed E-state index contributed by atoms with van der Waals surface area (Å²) in [5, 5.41) is 9.97.